The van der Waals surface area contributed by atoms with Gasteiger partial charge in [-0.3, -0.25) is 0 Å². The van der Waals surface area contributed by atoms with Gasteiger partial charge in [-0.2, -0.15) is 0 Å². The van der Waals surface area contributed by atoms with Crippen LogP contribution in [0.25, 0.3) is 0 Å². The summed E-state index contributed by atoms with van der Waals surface area (Å²) < 4.78 is 0. The van der Waals surface area contributed by atoms with E-state index in [1.807, 2.05) is 0 Å². The summed E-state index contributed by atoms with van der Waals surface area (Å²) in [6.07, 6.45) is 5.16. The number of hydrogen-bond donors (Lipinski definition) is 1. The molecule has 2 aliphatic heterocycles. The molecular formula is C16H24N2. The molecule has 2 heterocycles. The predicted octanol–water partition coefficient (Wildman–Crippen LogP) is 3.67. The molecule has 0 saturated carbocycles. The molecule has 0 atom stereocenters. The summed E-state index contributed by atoms with van der Waals surface area (Å²) in [6, 6.07) is 6.79. The van der Waals surface area contributed by atoms with Gasteiger partial charge in [-0.05, 0) is 42.7 Å². The Morgan fingerprint density at radius 3 is 2.94 bits per heavy atom. The average Bonchev–Trinajstić information content (AvgIpc) is 2.37. The Bertz CT molecular complexity index is 437. The van der Waals surface area contributed by atoms with E-state index >= 15 is 0 Å². The maximum Gasteiger partial charge on any atom is 0.0610 e. The van der Waals surface area contributed by atoms with Crippen LogP contribution in [0.15, 0.2) is 18.2 Å². The maximum absolute atomic E-state index is 3.61. The van der Waals surface area contributed by atoms with Gasteiger partial charge in [0.2, 0.25) is 0 Å². The van der Waals surface area contributed by atoms with Gasteiger partial charge in [-0.15, -0.1) is 0 Å². The fraction of sp³-hybridized carbons (Fsp3) is 0.625. The first-order valence-electron chi connectivity index (χ1n) is 7.26. The number of fused-ring (bicyclic) bond motifs is 1. The minimum absolute atomic E-state index is 0.454. The lowest BCUT2D eigenvalue weighted by atomic mass is 9.83. The monoisotopic (exact) mass is 244 g/mol. The number of nitrogens with zero attached hydrogens (tertiary/aromatic N) is 1. The van der Waals surface area contributed by atoms with Gasteiger partial charge in [0.15, 0.2) is 0 Å². The first kappa shape index (κ1) is 11.9. The van der Waals surface area contributed by atoms with Gasteiger partial charge in [-0.1, -0.05) is 26.0 Å². The van der Waals surface area contributed by atoms with Gasteiger partial charge >= 0.3 is 0 Å². The third kappa shape index (κ3) is 2.21. The van der Waals surface area contributed by atoms with Crippen molar-refractivity contribution in [2.24, 2.45) is 5.41 Å². The number of anilines is 2. The van der Waals surface area contributed by atoms with E-state index in [1.165, 1.54) is 55.7 Å². The van der Waals surface area contributed by atoms with Crippen LogP contribution in [0.1, 0.15) is 38.7 Å². The molecular weight excluding hydrogens is 220 g/mol. The number of benzene rings is 1. The van der Waals surface area contributed by atoms with Crippen molar-refractivity contribution >= 4 is 11.4 Å². The van der Waals surface area contributed by atoms with Crippen LogP contribution >= 0.6 is 0 Å². The molecule has 0 aliphatic carbocycles. The molecule has 2 nitrogen and oxygen atoms in total. The van der Waals surface area contributed by atoms with Crippen molar-refractivity contribution in [1.29, 1.82) is 0 Å². The van der Waals surface area contributed by atoms with Gasteiger partial charge in [0, 0.05) is 19.6 Å². The van der Waals surface area contributed by atoms with Gasteiger partial charge in [0.1, 0.15) is 0 Å². The standard InChI is InChI=1S/C16H24N2/c1-16(2)9-5-11-18(12-16)14-8-3-6-13-7-4-10-17-15(13)14/h3,6,8,17H,4-5,7,9-12H2,1-2H3. The van der Waals surface area contributed by atoms with Crippen LogP contribution in [-0.2, 0) is 6.42 Å². The van der Waals surface area contributed by atoms with Crippen LogP contribution in [0.5, 0.6) is 0 Å². The van der Waals surface area contributed by atoms with Crippen molar-refractivity contribution in [2.75, 3.05) is 29.9 Å². The molecule has 1 fully saturated rings. The summed E-state index contributed by atoms with van der Waals surface area (Å²) in [4.78, 5) is 2.58. The quantitative estimate of drug-likeness (QED) is 0.811. The van der Waals surface area contributed by atoms with Gasteiger partial charge in [-0.25, -0.2) is 0 Å². The molecule has 2 heteroatoms. The van der Waals surface area contributed by atoms with Crippen LogP contribution in [0.2, 0.25) is 0 Å². The van der Waals surface area contributed by atoms with Crippen LogP contribution in [0.4, 0.5) is 11.4 Å². The third-order valence-corrected chi connectivity index (χ3v) is 4.29. The fourth-order valence-corrected chi connectivity index (χ4v) is 3.38. The molecule has 0 spiro atoms. The summed E-state index contributed by atoms with van der Waals surface area (Å²) >= 11 is 0. The van der Waals surface area contributed by atoms with E-state index in [-0.39, 0.29) is 0 Å². The van der Waals surface area contributed by atoms with Crippen LogP contribution < -0.4 is 10.2 Å². The molecule has 0 amide bonds. The highest BCUT2D eigenvalue weighted by molar-refractivity contribution is 5.74. The lowest BCUT2D eigenvalue weighted by Crippen LogP contribution is -2.40. The second kappa shape index (κ2) is 4.49. The van der Waals surface area contributed by atoms with E-state index < -0.39 is 0 Å². The first-order valence-corrected chi connectivity index (χ1v) is 7.26. The number of aryl methyl sites for hydroxylation is 1. The topological polar surface area (TPSA) is 15.3 Å². The third-order valence-electron chi connectivity index (χ3n) is 4.29. The smallest absolute Gasteiger partial charge is 0.0610 e. The van der Waals surface area contributed by atoms with Gasteiger partial charge < -0.3 is 10.2 Å². The summed E-state index contributed by atoms with van der Waals surface area (Å²) in [7, 11) is 0. The Kier molecular flexibility index (Phi) is 2.96. The predicted molar refractivity (Wildman–Crippen MR) is 78.5 cm³/mol. The summed E-state index contributed by atoms with van der Waals surface area (Å²) in [6.45, 7) is 8.30. The van der Waals surface area contributed by atoms with E-state index in [0.717, 1.165) is 6.54 Å². The largest absolute Gasteiger partial charge is 0.383 e. The number of hydrogen-bond acceptors (Lipinski definition) is 2. The molecule has 1 aromatic carbocycles. The Hall–Kier alpha value is -1.18. The molecule has 18 heavy (non-hydrogen) atoms. The second-order valence-electron chi connectivity index (χ2n) is 6.53. The van der Waals surface area contributed by atoms with Crippen molar-refractivity contribution in [2.45, 2.75) is 39.5 Å². The molecule has 2 aliphatic rings. The van der Waals surface area contributed by atoms with Gasteiger partial charge in [0.05, 0.1) is 11.4 Å². The maximum atomic E-state index is 3.61. The Balaban J connectivity index is 1.92. The van der Waals surface area contributed by atoms with Crippen molar-refractivity contribution in [3.8, 4) is 0 Å². The normalized spacial score (nSPS) is 22.2. The van der Waals surface area contributed by atoms with Crippen molar-refractivity contribution in [3.05, 3.63) is 23.8 Å². The molecule has 0 bridgehead atoms. The van der Waals surface area contributed by atoms with E-state index in [1.54, 1.807) is 0 Å². The zero-order chi connectivity index (χ0) is 12.6. The lowest BCUT2D eigenvalue weighted by molar-refractivity contribution is 0.293. The zero-order valence-electron chi connectivity index (χ0n) is 11.6. The molecule has 0 radical (unpaired) electrons. The number of para-hydroxylation sites is 1. The molecule has 0 unspecified atom stereocenters. The van der Waals surface area contributed by atoms with Gasteiger partial charge in [0.25, 0.3) is 0 Å². The van der Waals surface area contributed by atoms with Crippen molar-refractivity contribution in [1.82, 2.24) is 0 Å². The number of rotatable bonds is 1. The summed E-state index contributed by atoms with van der Waals surface area (Å²) in [5.74, 6) is 0. The molecule has 3 rings (SSSR count). The fourth-order valence-electron chi connectivity index (χ4n) is 3.38. The lowest BCUT2D eigenvalue weighted by Gasteiger charge is -2.41. The number of piperidine rings is 1. The van der Waals surface area contributed by atoms with Crippen LogP contribution in [-0.4, -0.2) is 19.6 Å². The first-order chi connectivity index (χ1) is 8.66. The highest BCUT2D eigenvalue weighted by Crippen LogP contribution is 2.37. The van der Waals surface area contributed by atoms with Crippen LogP contribution in [0, 0.1) is 5.41 Å². The molecule has 1 N–H and O–H groups in total. The molecule has 98 valence electrons. The van der Waals surface area contributed by atoms with E-state index in [9.17, 15) is 0 Å². The highest BCUT2D eigenvalue weighted by atomic mass is 15.2. The second-order valence-corrected chi connectivity index (χ2v) is 6.53. The average molecular weight is 244 g/mol. The molecule has 1 saturated heterocycles. The van der Waals surface area contributed by atoms with Crippen molar-refractivity contribution in [3.63, 3.8) is 0 Å². The molecule has 0 aromatic heterocycles. The summed E-state index contributed by atoms with van der Waals surface area (Å²) in [5, 5.41) is 3.61. The van der Waals surface area contributed by atoms with E-state index in [0.29, 0.717) is 5.41 Å². The Morgan fingerprint density at radius 2 is 2.11 bits per heavy atom. The van der Waals surface area contributed by atoms with Crippen LogP contribution in [0.3, 0.4) is 0 Å². The Labute approximate surface area is 110 Å². The minimum atomic E-state index is 0.454. The zero-order valence-corrected chi connectivity index (χ0v) is 11.6. The minimum Gasteiger partial charge on any atom is -0.383 e. The Morgan fingerprint density at radius 1 is 1.22 bits per heavy atom. The highest BCUT2D eigenvalue weighted by Gasteiger charge is 2.28. The number of nitrogens with one attached hydrogen (secondary N) is 1. The molecule has 1 aromatic rings. The van der Waals surface area contributed by atoms with Crippen molar-refractivity contribution < 1.29 is 0 Å². The SMILES string of the molecule is CC1(C)CCCN(c2cccc3c2NCCC3)C1. The van der Waals surface area contributed by atoms with E-state index in [4.69, 9.17) is 0 Å². The van der Waals surface area contributed by atoms with E-state index in [2.05, 4.69) is 42.3 Å². The summed E-state index contributed by atoms with van der Waals surface area (Å²) in [5.41, 5.74) is 4.79.